The van der Waals surface area contributed by atoms with Crippen LogP contribution in [0.1, 0.15) is 35.2 Å². The lowest BCUT2D eigenvalue weighted by Crippen LogP contribution is -2.33. The molecule has 2 heterocycles. The first kappa shape index (κ1) is 17.7. The molecule has 0 fully saturated rings. The Morgan fingerprint density at radius 1 is 1.08 bits per heavy atom. The number of aromatic nitrogens is 2. The van der Waals surface area contributed by atoms with Crippen LogP contribution in [-0.4, -0.2) is 20.6 Å². The van der Waals surface area contributed by atoms with E-state index in [0.29, 0.717) is 25.4 Å². The lowest BCUT2D eigenvalue weighted by molar-refractivity contribution is 0.0708. The van der Waals surface area contributed by atoms with E-state index < -0.39 is 0 Å². The maximum atomic E-state index is 13.0. The normalized spacial score (nSPS) is 10.7. The number of carbonyl (C=O) groups is 1. The highest BCUT2D eigenvalue weighted by Crippen LogP contribution is 2.13. The molecule has 0 saturated heterocycles. The van der Waals surface area contributed by atoms with Gasteiger partial charge in [0.15, 0.2) is 0 Å². The van der Waals surface area contributed by atoms with Crippen molar-refractivity contribution < 1.29 is 9.21 Å². The first-order valence-corrected chi connectivity index (χ1v) is 8.61. The molecule has 0 spiro atoms. The fraction of sp³-hybridized carbons (Fsp3) is 0.250. The van der Waals surface area contributed by atoms with Crippen molar-refractivity contribution in [2.24, 2.45) is 0 Å². The minimum atomic E-state index is -0.241. The zero-order chi connectivity index (χ0) is 18.4. The minimum absolute atomic E-state index is 0.205. The molecule has 0 N–H and O–H groups in total. The van der Waals surface area contributed by atoms with E-state index in [1.807, 2.05) is 43.3 Å². The van der Waals surface area contributed by atoms with Crippen LogP contribution in [-0.2, 0) is 19.6 Å². The van der Waals surface area contributed by atoms with Crippen LogP contribution in [0.2, 0.25) is 0 Å². The van der Waals surface area contributed by atoms with Gasteiger partial charge in [-0.2, -0.15) is 5.10 Å². The zero-order valence-corrected chi connectivity index (χ0v) is 14.7. The Labute approximate surface area is 151 Å². The van der Waals surface area contributed by atoms with E-state index in [2.05, 4.69) is 5.10 Å². The summed E-state index contributed by atoms with van der Waals surface area (Å²) in [4.78, 5) is 26.6. The summed E-state index contributed by atoms with van der Waals surface area (Å²) >= 11 is 0. The van der Waals surface area contributed by atoms with Gasteiger partial charge in [0, 0.05) is 19.2 Å². The molecule has 0 bridgehead atoms. The average Bonchev–Trinajstić information content (AvgIpc) is 3.17. The smallest absolute Gasteiger partial charge is 0.275 e. The fourth-order valence-electron chi connectivity index (χ4n) is 2.69. The number of benzene rings is 1. The van der Waals surface area contributed by atoms with Gasteiger partial charge in [0.25, 0.3) is 11.5 Å². The second-order valence-corrected chi connectivity index (χ2v) is 6.01. The first-order valence-electron chi connectivity index (χ1n) is 8.61. The molecule has 0 aliphatic heterocycles. The molecular weight excluding hydrogens is 330 g/mol. The third kappa shape index (κ3) is 4.27. The van der Waals surface area contributed by atoms with Crippen molar-refractivity contribution in [1.29, 1.82) is 0 Å². The lowest BCUT2D eigenvalue weighted by Gasteiger charge is -2.21. The van der Waals surface area contributed by atoms with E-state index >= 15 is 0 Å². The summed E-state index contributed by atoms with van der Waals surface area (Å²) in [6.07, 6.45) is 2.35. The largest absolute Gasteiger partial charge is 0.467 e. The van der Waals surface area contributed by atoms with Crippen LogP contribution in [0.25, 0.3) is 0 Å². The number of aryl methyl sites for hydroxylation is 1. The summed E-state index contributed by atoms with van der Waals surface area (Å²) in [5, 5.41) is 4.24. The number of amides is 1. The van der Waals surface area contributed by atoms with Crippen LogP contribution in [0.15, 0.2) is 70.1 Å². The van der Waals surface area contributed by atoms with E-state index in [4.69, 9.17) is 4.42 Å². The predicted octanol–water partition coefficient (Wildman–Crippen LogP) is 3.09. The molecule has 0 atom stereocenters. The van der Waals surface area contributed by atoms with E-state index in [0.717, 1.165) is 12.0 Å². The Balaban J connectivity index is 1.88. The van der Waals surface area contributed by atoms with E-state index in [1.54, 1.807) is 17.2 Å². The molecule has 6 heteroatoms. The second kappa shape index (κ2) is 8.29. The van der Waals surface area contributed by atoms with Gasteiger partial charge in [0.05, 0.1) is 12.8 Å². The molecule has 0 aliphatic carbocycles. The molecule has 0 radical (unpaired) electrons. The second-order valence-electron chi connectivity index (χ2n) is 6.01. The van der Waals surface area contributed by atoms with Crippen molar-refractivity contribution in [3.63, 3.8) is 0 Å². The highest BCUT2D eigenvalue weighted by atomic mass is 16.3. The van der Waals surface area contributed by atoms with Crippen molar-refractivity contribution in [2.45, 2.75) is 33.0 Å². The standard InChI is InChI=1S/C20H21N3O3/c1-2-12-23-19(24)11-10-18(21-23)20(25)22(15-17-9-6-13-26-17)14-16-7-4-3-5-8-16/h3-11,13H,2,12,14-15H2,1H3. The van der Waals surface area contributed by atoms with E-state index in [-0.39, 0.29) is 17.2 Å². The molecule has 1 aromatic carbocycles. The summed E-state index contributed by atoms with van der Waals surface area (Å²) in [6, 6.07) is 16.2. The summed E-state index contributed by atoms with van der Waals surface area (Å²) in [7, 11) is 0. The van der Waals surface area contributed by atoms with Crippen molar-refractivity contribution >= 4 is 5.91 Å². The molecule has 26 heavy (non-hydrogen) atoms. The highest BCUT2D eigenvalue weighted by molar-refractivity contribution is 5.92. The summed E-state index contributed by atoms with van der Waals surface area (Å²) in [6.45, 7) is 3.20. The number of rotatable bonds is 7. The van der Waals surface area contributed by atoms with E-state index in [9.17, 15) is 9.59 Å². The molecule has 3 aromatic rings. The Morgan fingerprint density at radius 2 is 1.88 bits per heavy atom. The first-order chi connectivity index (χ1) is 12.7. The summed E-state index contributed by atoms with van der Waals surface area (Å²) < 4.78 is 6.73. The van der Waals surface area contributed by atoms with Crippen molar-refractivity contribution in [2.75, 3.05) is 0 Å². The van der Waals surface area contributed by atoms with Crippen molar-refractivity contribution in [3.8, 4) is 0 Å². The molecule has 0 aliphatic rings. The van der Waals surface area contributed by atoms with Crippen molar-refractivity contribution in [1.82, 2.24) is 14.7 Å². The maximum absolute atomic E-state index is 13.0. The Bertz CT molecular complexity index is 902. The quantitative estimate of drug-likeness (QED) is 0.656. The van der Waals surface area contributed by atoms with Gasteiger partial charge in [-0.1, -0.05) is 37.3 Å². The van der Waals surface area contributed by atoms with Gasteiger partial charge in [0.1, 0.15) is 11.5 Å². The third-order valence-corrected chi connectivity index (χ3v) is 3.95. The lowest BCUT2D eigenvalue weighted by atomic mass is 10.2. The van der Waals surface area contributed by atoms with Gasteiger partial charge in [-0.05, 0) is 30.2 Å². The maximum Gasteiger partial charge on any atom is 0.275 e. The molecule has 2 aromatic heterocycles. The molecule has 3 rings (SSSR count). The summed E-state index contributed by atoms with van der Waals surface area (Å²) in [5.74, 6) is 0.450. The molecule has 1 amide bonds. The van der Waals surface area contributed by atoms with Crippen molar-refractivity contribution in [3.05, 3.63) is 88.2 Å². The van der Waals surface area contributed by atoms with Gasteiger partial charge in [0.2, 0.25) is 0 Å². The Morgan fingerprint density at radius 3 is 2.58 bits per heavy atom. The van der Waals surface area contributed by atoms with Crippen LogP contribution in [0.4, 0.5) is 0 Å². The number of hydrogen-bond acceptors (Lipinski definition) is 4. The van der Waals surface area contributed by atoms with Gasteiger partial charge < -0.3 is 9.32 Å². The Hall–Kier alpha value is -3.15. The SMILES string of the molecule is CCCn1nc(C(=O)N(Cc2ccccc2)Cc2ccco2)ccc1=O. The van der Waals surface area contributed by atoms with Crippen LogP contribution >= 0.6 is 0 Å². The number of carbonyl (C=O) groups excluding carboxylic acids is 1. The van der Waals surface area contributed by atoms with Gasteiger partial charge >= 0.3 is 0 Å². The minimum Gasteiger partial charge on any atom is -0.467 e. The van der Waals surface area contributed by atoms with Gasteiger partial charge in [-0.25, -0.2) is 4.68 Å². The van der Waals surface area contributed by atoms with E-state index in [1.165, 1.54) is 16.8 Å². The van der Waals surface area contributed by atoms with Crippen LogP contribution in [0.5, 0.6) is 0 Å². The van der Waals surface area contributed by atoms with Gasteiger partial charge in [-0.3, -0.25) is 9.59 Å². The molecule has 0 saturated carbocycles. The summed E-state index contributed by atoms with van der Waals surface area (Å²) in [5.41, 5.74) is 1.05. The predicted molar refractivity (Wildman–Crippen MR) is 97.5 cm³/mol. The molecule has 6 nitrogen and oxygen atoms in total. The fourth-order valence-corrected chi connectivity index (χ4v) is 2.69. The number of hydrogen-bond donors (Lipinski definition) is 0. The Kier molecular flexibility index (Phi) is 5.63. The van der Waals surface area contributed by atoms with Crippen LogP contribution in [0, 0.1) is 0 Å². The topological polar surface area (TPSA) is 68.3 Å². The molecular formula is C20H21N3O3. The molecule has 134 valence electrons. The monoisotopic (exact) mass is 351 g/mol. The van der Waals surface area contributed by atoms with Crippen LogP contribution < -0.4 is 5.56 Å². The average molecular weight is 351 g/mol. The number of furan rings is 1. The zero-order valence-electron chi connectivity index (χ0n) is 14.7. The number of nitrogens with zero attached hydrogens (tertiary/aromatic N) is 3. The van der Waals surface area contributed by atoms with Crippen LogP contribution in [0.3, 0.4) is 0 Å². The third-order valence-electron chi connectivity index (χ3n) is 3.95. The molecule has 0 unspecified atom stereocenters. The highest BCUT2D eigenvalue weighted by Gasteiger charge is 2.20. The van der Waals surface area contributed by atoms with Gasteiger partial charge in [-0.15, -0.1) is 0 Å².